The summed E-state index contributed by atoms with van der Waals surface area (Å²) >= 11 is 0. The molecule has 1 spiro atoms. The van der Waals surface area contributed by atoms with Crippen molar-refractivity contribution in [2.75, 3.05) is 52.5 Å². The van der Waals surface area contributed by atoms with Crippen LogP contribution in [0.5, 0.6) is 0 Å². The number of nitrogens with zero attached hydrogens (tertiary/aromatic N) is 3. The lowest BCUT2D eigenvalue weighted by Crippen LogP contribution is -2.60. The van der Waals surface area contributed by atoms with Crippen molar-refractivity contribution in [1.82, 2.24) is 25.5 Å². The van der Waals surface area contributed by atoms with Crippen LogP contribution in [0.15, 0.2) is 12.2 Å². The standard InChI is InChI=1S/C24H37N5O4/c1-3-16(2)23(32)29(20-4-5-21(30)26-22(20)31)15-33-28-11-18-17(19(18)12-28)10-27-13-24(14-27)6-8-25-9-7-24/h17-20,25H,2-15H2,1H3,(H,26,30,31)/t17-,18-,19+,20?. The minimum Gasteiger partial charge on any atom is -0.317 e. The van der Waals surface area contributed by atoms with Crippen molar-refractivity contribution in [3.8, 4) is 0 Å². The zero-order valence-corrected chi connectivity index (χ0v) is 19.7. The fourth-order valence-corrected chi connectivity index (χ4v) is 6.36. The number of hydrogen-bond donors (Lipinski definition) is 2. The number of fused-ring (bicyclic) bond motifs is 1. The SMILES string of the molecule is C=C(CC)C(=O)N(CON1C[C@@H]2[C@@H](CN3CC4(CCNCC4)C3)[C@@H]2C1)C1CCC(=O)NC1=O. The Kier molecular flexibility index (Phi) is 6.32. The maximum Gasteiger partial charge on any atom is 0.251 e. The second-order valence-corrected chi connectivity index (χ2v) is 10.7. The van der Waals surface area contributed by atoms with Crippen LogP contribution in [0.2, 0.25) is 0 Å². The highest BCUT2D eigenvalue weighted by atomic mass is 16.7. The molecule has 9 nitrogen and oxygen atoms in total. The molecule has 0 aromatic heterocycles. The maximum atomic E-state index is 12.9. The normalized spacial score (nSPS) is 33.4. The zero-order chi connectivity index (χ0) is 23.2. The molecule has 5 fully saturated rings. The molecular weight excluding hydrogens is 422 g/mol. The van der Waals surface area contributed by atoms with Gasteiger partial charge in [0.15, 0.2) is 0 Å². The van der Waals surface area contributed by atoms with E-state index < -0.39 is 11.9 Å². The van der Waals surface area contributed by atoms with Gasteiger partial charge in [0.2, 0.25) is 11.8 Å². The van der Waals surface area contributed by atoms with Crippen molar-refractivity contribution in [2.45, 2.75) is 45.1 Å². The third kappa shape index (κ3) is 4.60. The number of nitrogens with one attached hydrogen (secondary N) is 2. The van der Waals surface area contributed by atoms with E-state index in [2.05, 4.69) is 22.1 Å². The molecule has 4 saturated heterocycles. The molecule has 0 bridgehead atoms. The van der Waals surface area contributed by atoms with Crippen LogP contribution in [-0.4, -0.2) is 91.2 Å². The van der Waals surface area contributed by atoms with Crippen LogP contribution in [0.4, 0.5) is 0 Å². The fourth-order valence-electron chi connectivity index (χ4n) is 6.36. The molecule has 1 saturated carbocycles. The number of carbonyl (C=O) groups excluding carboxylic acids is 3. The Morgan fingerprint density at radius 2 is 1.91 bits per heavy atom. The Morgan fingerprint density at radius 1 is 1.21 bits per heavy atom. The van der Waals surface area contributed by atoms with Gasteiger partial charge in [0, 0.05) is 44.7 Å². The van der Waals surface area contributed by atoms with Crippen molar-refractivity contribution in [2.24, 2.45) is 23.2 Å². The first kappa shape index (κ1) is 23.0. The number of likely N-dealkylation sites (tertiary alicyclic amines) is 1. The van der Waals surface area contributed by atoms with Crippen molar-refractivity contribution in [3.05, 3.63) is 12.2 Å². The molecule has 5 rings (SSSR count). The Balaban J connectivity index is 1.09. The van der Waals surface area contributed by atoms with Gasteiger partial charge in [-0.25, -0.2) is 0 Å². The Morgan fingerprint density at radius 3 is 2.55 bits per heavy atom. The molecule has 2 N–H and O–H groups in total. The van der Waals surface area contributed by atoms with Gasteiger partial charge in [-0.1, -0.05) is 13.5 Å². The lowest BCUT2D eigenvalue weighted by Gasteiger charge is -2.53. The summed E-state index contributed by atoms with van der Waals surface area (Å²) in [6.45, 7) is 13.5. The van der Waals surface area contributed by atoms with Gasteiger partial charge in [0.1, 0.15) is 12.8 Å². The topological polar surface area (TPSA) is 94.2 Å². The van der Waals surface area contributed by atoms with E-state index in [1.165, 1.54) is 50.5 Å². The van der Waals surface area contributed by atoms with Crippen LogP contribution in [0.25, 0.3) is 0 Å². The number of imide groups is 1. The van der Waals surface area contributed by atoms with Crippen molar-refractivity contribution >= 4 is 17.7 Å². The summed E-state index contributed by atoms with van der Waals surface area (Å²) < 4.78 is 0. The highest BCUT2D eigenvalue weighted by molar-refractivity contribution is 6.03. The van der Waals surface area contributed by atoms with Crippen molar-refractivity contribution in [3.63, 3.8) is 0 Å². The number of hydrogen-bond acceptors (Lipinski definition) is 7. The third-order valence-corrected chi connectivity index (χ3v) is 8.54. The summed E-state index contributed by atoms with van der Waals surface area (Å²) in [6, 6.07) is -0.697. The number of piperidine rings is 3. The van der Waals surface area contributed by atoms with E-state index in [-0.39, 0.29) is 25.0 Å². The first-order chi connectivity index (χ1) is 15.9. The third-order valence-electron chi connectivity index (χ3n) is 8.54. The van der Waals surface area contributed by atoms with Crippen LogP contribution in [0, 0.1) is 23.2 Å². The highest BCUT2D eigenvalue weighted by Gasteiger charge is 2.58. The minimum atomic E-state index is -0.697. The highest BCUT2D eigenvalue weighted by Crippen LogP contribution is 2.53. The number of carbonyl (C=O) groups is 3. The molecule has 4 aliphatic heterocycles. The molecular formula is C24H37N5O4. The molecule has 0 radical (unpaired) electrons. The van der Waals surface area contributed by atoms with E-state index in [1.807, 2.05) is 12.0 Å². The molecule has 1 aliphatic carbocycles. The van der Waals surface area contributed by atoms with Gasteiger partial charge in [-0.15, -0.1) is 0 Å². The smallest absolute Gasteiger partial charge is 0.251 e. The second-order valence-electron chi connectivity index (χ2n) is 10.7. The summed E-state index contributed by atoms with van der Waals surface area (Å²) in [6.07, 6.45) is 3.68. The molecule has 33 heavy (non-hydrogen) atoms. The minimum absolute atomic E-state index is 0.0108. The lowest BCUT2D eigenvalue weighted by atomic mass is 9.72. The molecule has 1 unspecified atom stereocenters. The quantitative estimate of drug-likeness (QED) is 0.307. The van der Waals surface area contributed by atoms with Gasteiger partial charge in [0.05, 0.1) is 0 Å². The molecule has 3 amide bonds. The van der Waals surface area contributed by atoms with Gasteiger partial charge in [-0.2, -0.15) is 5.06 Å². The van der Waals surface area contributed by atoms with E-state index >= 15 is 0 Å². The summed E-state index contributed by atoms with van der Waals surface area (Å²) in [4.78, 5) is 46.9. The van der Waals surface area contributed by atoms with E-state index in [1.54, 1.807) is 0 Å². The number of rotatable bonds is 8. The second kappa shape index (κ2) is 9.09. The van der Waals surface area contributed by atoms with E-state index in [0.717, 1.165) is 19.0 Å². The Hall–Kier alpha value is -1.81. The van der Waals surface area contributed by atoms with Crippen molar-refractivity contribution < 1.29 is 19.2 Å². The largest absolute Gasteiger partial charge is 0.317 e. The summed E-state index contributed by atoms with van der Waals surface area (Å²) in [5, 5.41) is 7.77. The molecule has 0 aromatic carbocycles. The maximum absolute atomic E-state index is 12.9. The van der Waals surface area contributed by atoms with Gasteiger partial charge in [-0.3, -0.25) is 24.5 Å². The van der Waals surface area contributed by atoms with E-state index in [4.69, 9.17) is 4.84 Å². The average molecular weight is 460 g/mol. The molecule has 182 valence electrons. The summed E-state index contributed by atoms with van der Waals surface area (Å²) in [7, 11) is 0. The first-order valence-corrected chi connectivity index (χ1v) is 12.5. The number of amides is 3. The van der Waals surface area contributed by atoms with E-state index in [9.17, 15) is 14.4 Å². The fraction of sp³-hybridized carbons (Fsp3) is 0.792. The van der Waals surface area contributed by atoms with Crippen molar-refractivity contribution in [1.29, 1.82) is 0 Å². The van der Waals surface area contributed by atoms with Gasteiger partial charge < -0.3 is 15.1 Å². The predicted octanol–water partition coefficient (Wildman–Crippen LogP) is 0.339. The Bertz CT molecular complexity index is 806. The van der Waals surface area contributed by atoms with E-state index in [0.29, 0.717) is 35.7 Å². The van der Waals surface area contributed by atoms with Crippen LogP contribution >= 0.6 is 0 Å². The monoisotopic (exact) mass is 459 g/mol. The zero-order valence-electron chi connectivity index (χ0n) is 19.7. The molecule has 5 aliphatic rings. The molecule has 4 heterocycles. The van der Waals surface area contributed by atoms with Gasteiger partial charge in [0.25, 0.3) is 5.91 Å². The predicted molar refractivity (Wildman–Crippen MR) is 121 cm³/mol. The van der Waals surface area contributed by atoms with Gasteiger partial charge >= 0.3 is 0 Å². The van der Waals surface area contributed by atoms with Crippen LogP contribution in [0.3, 0.4) is 0 Å². The summed E-state index contributed by atoms with van der Waals surface area (Å²) in [5.74, 6) is 1.09. The lowest BCUT2D eigenvalue weighted by molar-refractivity contribution is -0.196. The molecule has 0 aromatic rings. The first-order valence-electron chi connectivity index (χ1n) is 12.5. The van der Waals surface area contributed by atoms with Gasteiger partial charge in [-0.05, 0) is 61.9 Å². The summed E-state index contributed by atoms with van der Waals surface area (Å²) in [5.41, 5.74) is 1.02. The molecule has 4 atom stereocenters. The van der Waals surface area contributed by atoms with Crippen LogP contribution in [-0.2, 0) is 19.2 Å². The number of hydroxylamine groups is 2. The van der Waals surface area contributed by atoms with Crippen LogP contribution < -0.4 is 10.6 Å². The van der Waals surface area contributed by atoms with Crippen LogP contribution in [0.1, 0.15) is 39.0 Å². The Labute approximate surface area is 195 Å². The molecule has 9 heteroatoms. The average Bonchev–Trinajstić information content (AvgIpc) is 3.22.